The van der Waals surface area contributed by atoms with E-state index in [4.69, 9.17) is 0 Å². The SMILES string of the molecule is CCCCCCCCOC[B-](F)(F)F. The minimum Gasteiger partial charge on any atom is -0.447 e. The van der Waals surface area contributed by atoms with Gasteiger partial charge in [-0.05, 0) is 6.42 Å². The summed E-state index contributed by atoms with van der Waals surface area (Å²) in [5, 5.41) is 0. The molecule has 0 rings (SSSR count). The zero-order chi connectivity index (χ0) is 10.9. The fourth-order valence-electron chi connectivity index (χ4n) is 1.20. The Hall–Kier alpha value is -0.185. The third-order valence-electron chi connectivity index (χ3n) is 1.95. The standard InChI is InChI=1S/C9H19BF3O/c1-2-3-4-5-6-7-8-14-9-10(11,12)13/h2-9H2,1H3/q-1. The molecule has 0 saturated carbocycles. The molecule has 14 heavy (non-hydrogen) atoms. The fraction of sp³-hybridized carbons (Fsp3) is 1.00. The van der Waals surface area contributed by atoms with Gasteiger partial charge in [-0.3, -0.25) is 0 Å². The highest BCUT2D eigenvalue weighted by Gasteiger charge is 2.22. The highest BCUT2D eigenvalue weighted by atomic mass is 19.4. The maximum Gasteiger partial charge on any atom is 0.503 e. The molecule has 0 bridgehead atoms. The third kappa shape index (κ3) is 11.8. The summed E-state index contributed by atoms with van der Waals surface area (Å²) < 4.78 is 39.5. The zero-order valence-corrected chi connectivity index (χ0v) is 8.78. The quantitative estimate of drug-likeness (QED) is 0.416. The van der Waals surface area contributed by atoms with Crippen LogP contribution >= 0.6 is 0 Å². The van der Waals surface area contributed by atoms with Crippen molar-refractivity contribution in [2.45, 2.75) is 45.4 Å². The van der Waals surface area contributed by atoms with Crippen LogP contribution in [0.3, 0.4) is 0 Å². The van der Waals surface area contributed by atoms with Crippen LogP contribution < -0.4 is 0 Å². The van der Waals surface area contributed by atoms with Gasteiger partial charge >= 0.3 is 6.98 Å². The molecule has 0 atom stereocenters. The van der Waals surface area contributed by atoms with Crippen LogP contribution in [0.2, 0.25) is 0 Å². The van der Waals surface area contributed by atoms with Gasteiger partial charge in [-0.1, -0.05) is 39.0 Å². The van der Waals surface area contributed by atoms with Crippen molar-refractivity contribution in [3.05, 3.63) is 0 Å². The van der Waals surface area contributed by atoms with E-state index in [9.17, 15) is 12.9 Å². The molecule has 0 aromatic rings. The molecule has 0 aromatic carbocycles. The maximum absolute atomic E-state index is 11.7. The summed E-state index contributed by atoms with van der Waals surface area (Å²) >= 11 is 0. The lowest BCUT2D eigenvalue weighted by atomic mass is 9.95. The monoisotopic (exact) mass is 211 g/mol. The Kier molecular flexibility index (Phi) is 8.04. The van der Waals surface area contributed by atoms with Gasteiger partial charge in [-0.15, -0.1) is 0 Å². The van der Waals surface area contributed by atoms with Gasteiger partial charge in [0.2, 0.25) is 0 Å². The first-order chi connectivity index (χ1) is 6.56. The van der Waals surface area contributed by atoms with Gasteiger partial charge in [0.15, 0.2) is 0 Å². The fourth-order valence-corrected chi connectivity index (χ4v) is 1.20. The topological polar surface area (TPSA) is 9.23 Å². The minimum absolute atomic E-state index is 0.243. The van der Waals surface area contributed by atoms with Crippen LogP contribution in [0.4, 0.5) is 12.9 Å². The Morgan fingerprint density at radius 3 is 2.07 bits per heavy atom. The van der Waals surface area contributed by atoms with Crippen molar-refractivity contribution >= 4 is 6.98 Å². The smallest absolute Gasteiger partial charge is 0.447 e. The first-order valence-electron chi connectivity index (χ1n) is 5.35. The van der Waals surface area contributed by atoms with E-state index in [1.54, 1.807) is 0 Å². The Morgan fingerprint density at radius 2 is 1.50 bits per heavy atom. The summed E-state index contributed by atoms with van der Waals surface area (Å²) in [4.78, 5) is 0. The lowest BCUT2D eigenvalue weighted by Crippen LogP contribution is -2.24. The molecule has 0 aromatic heterocycles. The Bertz CT molecular complexity index is 128. The van der Waals surface area contributed by atoms with Crippen LogP contribution in [0, 0.1) is 0 Å². The third-order valence-corrected chi connectivity index (χ3v) is 1.95. The van der Waals surface area contributed by atoms with Crippen LogP contribution in [0.5, 0.6) is 0 Å². The summed E-state index contributed by atoms with van der Waals surface area (Å²) in [5.41, 5.74) is 0. The van der Waals surface area contributed by atoms with E-state index in [1.807, 2.05) is 0 Å². The number of unbranched alkanes of at least 4 members (excludes halogenated alkanes) is 5. The van der Waals surface area contributed by atoms with Crippen molar-refractivity contribution in [1.29, 1.82) is 0 Å². The van der Waals surface area contributed by atoms with Crippen LogP contribution in [-0.4, -0.2) is 20.1 Å². The second-order valence-corrected chi connectivity index (χ2v) is 3.55. The number of ether oxygens (including phenoxy) is 1. The van der Waals surface area contributed by atoms with Crippen molar-refractivity contribution in [3.63, 3.8) is 0 Å². The summed E-state index contributed by atoms with van der Waals surface area (Å²) in [6, 6.07) is 0. The van der Waals surface area contributed by atoms with E-state index in [1.165, 1.54) is 19.3 Å². The van der Waals surface area contributed by atoms with Crippen molar-refractivity contribution in [3.8, 4) is 0 Å². The van der Waals surface area contributed by atoms with E-state index in [0.29, 0.717) is 0 Å². The summed E-state index contributed by atoms with van der Waals surface area (Å²) in [7, 11) is 0. The van der Waals surface area contributed by atoms with Crippen molar-refractivity contribution in [2.75, 3.05) is 13.1 Å². The molecular weight excluding hydrogens is 192 g/mol. The van der Waals surface area contributed by atoms with Crippen LogP contribution in [-0.2, 0) is 4.74 Å². The molecular formula is C9H19BF3O-. The Labute approximate surface area is 84.1 Å². The molecule has 0 amide bonds. The summed E-state index contributed by atoms with van der Waals surface area (Å²) in [6.45, 7) is -3.43. The lowest BCUT2D eigenvalue weighted by Gasteiger charge is -2.13. The first-order valence-corrected chi connectivity index (χ1v) is 5.35. The van der Waals surface area contributed by atoms with Crippen molar-refractivity contribution in [2.24, 2.45) is 0 Å². The van der Waals surface area contributed by atoms with Gasteiger partial charge in [-0.25, -0.2) is 0 Å². The molecule has 1 nitrogen and oxygen atoms in total. The van der Waals surface area contributed by atoms with E-state index in [-0.39, 0.29) is 6.61 Å². The van der Waals surface area contributed by atoms with Gasteiger partial charge in [0, 0.05) is 13.1 Å². The molecule has 0 spiro atoms. The Morgan fingerprint density at radius 1 is 0.929 bits per heavy atom. The van der Waals surface area contributed by atoms with Gasteiger partial charge in [0.25, 0.3) is 0 Å². The van der Waals surface area contributed by atoms with Crippen LogP contribution in [0.25, 0.3) is 0 Å². The average molecular weight is 211 g/mol. The first kappa shape index (κ1) is 13.8. The molecule has 5 heteroatoms. The second-order valence-electron chi connectivity index (χ2n) is 3.55. The van der Waals surface area contributed by atoms with Crippen molar-refractivity contribution in [1.82, 2.24) is 0 Å². The predicted molar refractivity (Wildman–Crippen MR) is 53.3 cm³/mol. The maximum atomic E-state index is 11.7. The Balaban J connectivity index is 2.99. The van der Waals surface area contributed by atoms with E-state index >= 15 is 0 Å². The van der Waals surface area contributed by atoms with Crippen LogP contribution in [0.1, 0.15) is 45.4 Å². The van der Waals surface area contributed by atoms with Gasteiger partial charge in [-0.2, -0.15) is 0 Å². The van der Waals surface area contributed by atoms with E-state index in [0.717, 1.165) is 19.3 Å². The molecule has 0 radical (unpaired) electrons. The van der Waals surface area contributed by atoms with Gasteiger partial charge in [0.05, 0.1) is 0 Å². The highest BCUT2D eigenvalue weighted by Crippen LogP contribution is 2.09. The van der Waals surface area contributed by atoms with Gasteiger partial charge < -0.3 is 17.7 Å². The molecule has 0 N–H and O–H groups in total. The summed E-state index contributed by atoms with van der Waals surface area (Å²) in [6.07, 6.45) is 6.41. The number of hydrogen-bond donors (Lipinski definition) is 0. The second kappa shape index (κ2) is 8.15. The molecule has 0 aliphatic rings. The van der Waals surface area contributed by atoms with Crippen molar-refractivity contribution < 1.29 is 17.7 Å². The zero-order valence-electron chi connectivity index (χ0n) is 8.78. The molecule has 86 valence electrons. The lowest BCUT2D eigenvalue weighted by molar-refractivity contribution is 0.146. The summed E-state index contributed by atoms with van der Waals surface area (Å²) in [5.74, 6) is 0. The molecule has 0 aliphatic heterocycles. The largest absolute Gasteiger partial charge is 0.503 e. The minimum atomic E-state index is -4.76. The number of halogens is 3. The predicted octanol–water partition coefficient (Wildman–Crippen LogP) is 3.75. The van der Waals surface area contributed by atoms with Gasteiger partial charge in [0.1, 0.15) is 0 Å². The molecule has 0 fully saturated rings. The molecule has 0 unspecified atom stereocenters. The number of rotatable bonds is 9. The highest BCUT2D eigenvalue weighted by molar-refractivity contribution is 6.58. The number of hydrogen-bond acceptors (Lipinski definition) is 1. The molecule has 0 aliphatic carbocycles. The molecule has 0 heterocycles. The van der Waals surface area contributed by atoms with Crippen LogP contribution in [0.15, 0.2) is 0 Å². The molecule has 0 saturated heterocycles. The normalized spacial score (nSPS) is 12.0. The average Bonchev–Trinajstić information content (AvgIpc) is 2.08. The van der Waals surface area contributed by atoms with E-state index in [2.05, 4.69) is 11.7 Å². The van der Waals surface area contributed by atoms with E-state index < -0.39 is 13.5 Å².